The standard InChI is InChI=1S/C10H19N3/c1-3-9-11-8-10(12-9)4-6-13(2)7-5-10/h3-8H2,1-2H3,(H,11,12). The van der Waals surface area contributed by atoms with Gasteiger partial charge in [0.25, 0.3) is 0 Å². The van der Waals surface area contributed by atoms with Crippen LogP contribution in [0.15, 0.2) is 4.99 Å². The van der Waals surface area contributed by atoms with Gasteiger partial charge in [-0.1, -0.05) is 6.92 Å². The second kappa shape index (κ2) is 3.29. The number of aliphatic imine (C=N–C) groups is 1. The highest BCUT2D eigenvalue weighted by Crippen LogP contribution is 2.25. The van der Waals surface area contributed by atoms with Crippen molar-refractivity contribution in [2.45, 2.75) is 31.7 Å². The Bertz CT molecular complexity index is 214. The van der Waals surface area contributed by atoms with Crippen LogP contribution in [0.3, 0.4) is 0 Å². The number of likely N-dealkylation sites (tertiary alicyclic amines) is 1. The smallest absolute Gasteiger partial charge is 0.0966 e. The van der Waals surface area contributed by atoms with Crippen molar-refractivity contribution >= 4 is 5.84 Å². The lowest BCUT2D eigenvalue weighted by atomic mass is 9.88. The zero-order chi connectivity index (χ0) is 9.31. The molecule has 13 heavy (non-hydrogen) atoms. The molecule has 2 aliphatic heterocycles. The lowest BCUT2D eigenvalue weighted by Gasteiger charge is -2.37. The fourth-order valence-electron chi connectivity index (χ4n) is 2.16. The van der Waals surface area contributed by atoms with Crippen molar-refractivity contribution in [3.05, 3.63) is 0 Å². The van der Waals surface area contributed by atoms with E-state index in [4.69, 9.17) is 0 Å². The van der Waals surface area contributed by atoms with Crippen LogP contribution < -0.4 is 5.32 Å². The fourth-order valence-corrected chi connectivity index (χ4v) is 2.16. The molecular weight excluding hydrogens is 162 g/mol. The molecule has 3 heteroatoms. The number of nitrogens with one attached hydrogen (secondary N) is 1. The molecule has 0 radical (unpaired) electrons. The predicted octanol–water partition coefficient (Wildman–Crippen LogP) is 0.862. The van der Waals surface area contributed by atoms with Crippen LogP contribution in [0.25, 0.3) is 0 Å². The van der Waals surface area contributed by atoms with E-state index in [9.17, 15) is 0 Å². The third-order valence-electron chi connectivity index (χ3n) is 3.26. The molecule has 1 fully saturated rings. The third kappa shape index (κ3) is 1.70. The number of piperidine rings is 1. The lowest BCUT2D eigenvalue weighted by molar-refractivity contribution is 0.187. The van der Waals surface area contributed by atoms with Gasteiger partial charge in [-0.15, -0.1) is 0 Å². The number of hydrogen-bond acceptors (Lipinski definition) is 3. The van der Waals surface area contributed by atoms with Crippen LogP contribution in [-0.2, 0) is 0 Å². The minimum atomic E-state index is 0.331. The van der Waals surface area contributed by atoms with E-state index < -0.39 is 0 Å². The molecule has 0 aromatic rings. The van der Waals surface area contributed by atoms with Crippen LogP contribution in [0, 0.1) is 0 Å². The van der Waals surface area contributed by atoms with E-state index in [1.165, 1.54) is 31.8 Å². The molecule has 0 amide bonds. The molecule has 0 bridgehead atoms. The lowest BCUT2D eigenvalue weighted by Crippen LogP contribution is -2.52. The maximum Gasteiger partial charge on any atom is 0.0966 e. The summed E-state index contributed by atoms with van der Waals surface area (Å²) >= 11 is 0. The van der Waals surface area contributed by atoms with Gasteiger partial charge in [0, 0.05) is 19.5 Å². The van der Waals surface area contributed by atoms with E-state index in [0.717, 1.165) is 13.0 Å². The van der Waals surface area contributed by atoms with Crippen LogP contribution in [0.4, 0.5) is 0 Å². The van der Waals surface area contributed by atoms with Crippen molar-refractivity contribution in [3.8, 4) is 0 Å². The Kier molecular flexibility index (Phi) is 2.28. The third-order valence-corrected chi connectivity index (χ3v) is 3.26. The highest BCUT2D eigenvalue weighted by atomic mass is 15.2. The van der Waals surface area contributed by atoms with Gasteiger partial charge in [-0.3, -0.25) is 4.99 Å². The molecule has 74 valence electrons. The molecule has 2 heterocycles. The van der Waals surface area contributed by atoms with Gasteiger partial charge in [0.05, 0.1) is 17.9 Å². The molecule has 1 saturated heterocycles. The molecule has 0 unspecified atom stereocenters. The highest BCUT2D eigenvalue weighted by Gasteiger charge is 2.36. The second-order valence-corrected chi connectivity index (χ2v) is 4.33. The minimum absolute atomic E-state index is 0.331. The predicted molar refractivity (Wildman–Crippen MR) is 55.2 cm³/mol. The molecule has 2 rings (SSSR count). The average molecular weight is 181 g/mol. The first-order valence-electron chi connectivity index (χ1n) is 5.24. The fraction of sp³-hybridized carbons (Fsp3) is 0.900. The Hall–Kier alpha value is -0.570. The molecule has 0 aliphatic carbocycles. The molecule has 2 aliphatic rings. The summed E-state index contributed by atoms with van der Waals surface area (Å²) in [5, 5.41) is 3.60. The van der Waals surface area contributed by atoms with Crippen molar-refractivity contribution < 1.29 is 0 Å². The molecule has 0 saturated carbocycles. The zero-order valence-electron chi connectivity index (χ0n) is 8.64. The SMILES string of the molecule is CCC1=NCC2(CCN(C)CC2)N1. The van der Waals surface area contributed by atoms with Crippen LogP contribution in [-0.4, -0.2) is 43.0 Å². The van der Waals surface area contributed by atoms with Gasteiger partial charge in [0.15, 0.2) is 0 Å². The maximum atomic E-state index is 4.54. The summed E-state index contributed by atoms with van der Waals surface area (Å²) in [5.74, 6) is 1.21. The van der Waals surface area contributed by atoms with E-state index in [2.05, 4.69) is 29.2 Å². The molecule has 0 atom stereocenters. The van der Waals surface area contributed by atoms with Crippen molar-refractivity contribution in [1.82, 2.24) is 10.2 Å². The summed E-state index contributed by atoms with van der Waals surface area (Å²) < 4.78 is 0. The molecular formula is C10H19N3. The van der Waals surface area contributed by atoms with Gasteiger partial charge in [-0.2, -0.15) is 0 Å². The van der Waals surface area contributed by atoms with Crippen LogP contribution >= 0.6 is 0 Å². The quantitative estimate of drug-likeness (QED) is 0.650. The highest BCUT2D eigenvalue weighted by molar-refractivity contribution is 5.84. The first-order valence-corrected chi connectivity index (χ1v) is 5.24. The summed E-state index contributed by atoms with van der Waals surface area (Å²) in [5.41, 5.74) is 0.331. The molecule has 1 spiro atoms. The van der Waals surface area contributed by atoms with Crippen LogP contribution in [0.5, 0.6) is 0 Å². The Morgan fingerprint density at radius 1 is 1.46 bits per heavy atom. The Morgan fingerprint density at radius 2 is 2.15 bits per heavy atom. The normalized spacial score (nSPS) is 27.4. The van der Waals surface area contributed by atoms with Crippen LogP contribution in [0.2, 0.25) is 0 Å². The largest absolute Gasteiger partial charge is 0.366 e. The first kappa shape index (κ1) is 9.00. The topological polar surface area (TPSA) is 27.6 Å². The van der Waals surface area contributed by atoms with Crippen molar-refractivity contribution in [2.75, 3.05) is 26.7 Å². The summed E-state index contributed by atoms with van der Waals surface area (Å²) in [6.45, 7) is 5.59. The number of amidine groups is 1. The Labute approximate surface area is 80.2 Å². The summed E-state index contributed by atoms with van der Waals surface area (Å²) in [6, 6.07) is 0. The molecule has 0 aromatic heterocycles. The van der Waals surface area contributed by atoms with Crippen molar-refractivity contribution in [2.24, 2.45) is 4.99 Å². The van der Waals surface area contributed by atoms with Gasteiger partial charge in [-0.05, 0) is 19.9 Å². The number of rotatable bonds is 1. The molecule has 3 nitrogen and oxygen atoms in total. The van der Waals surface area contributed by atoms with Crippen molar-refractivity contribution in [1.29, 1.82) is 0 Å². The second-order valence-electron chi connectivity index (χ2n) is 4.33. The summed E-state index contributed by atoms with van der Waals surface area (Å²) in [4.78, 5) is 6.94. The van der Waals surface area contributed by atoms with Crippen LogP contribution in [0.1, 0.15) is 26.2 Å². The van der Waals surface area contributed by atoms with Gasteiger partial charge in [0.1, 0.15) is 0 Å². The van der Waals surface area contributed by atoms with Gasteiger partial charge < -0.3 is 10.2 Å². The molecule has 1 N–H and O–H groups in total. The Balaban J connectivity index is 1.94. The van der Waals surface area contributed by atoms with Crippen molar-refractivity contribution in [3.63, 3.8) is 0 Å². The van der Waals surface area contributed by atoms with E-state index in [-0.39, 0.29) is 0 Å². The van der Waals surface area contributed by atoms with E-state index >= 15 is 0 Å². The van der Waals surface area contributed by atoms with Gasteiger partial charge in [-0.25, -0.2) is 0 Å². The minimum Gasteiger partial charge on any atom is -0.366 e. The maximum absolute atomic E-state index is 4.54. The number of hydrogen-bond donors (Lipinski definition) is 1. The first-order chi connectivity index (χ1) is 6.24. The molecule has 0 aromatic carbocycles. The zero-order valence-corrected chi connectivity index (χ0v) is 8.64. The van der Waals surface area contributed by atoms with Gasteiger partial charge in [0.2, 0.25) is 0 Å². The van der Waals surface area contributed by atoms with E-state index in [1.807, 2.05) is 0 Å². The van der Waals surface area contributed by atoms with E-state index in [0.29, 0.717) is 5.54 Å². The average Bonchev–Trinajstić information content (AvgIpc) is 2.55. The summed E-state index contributed by atoms with van der Waals surface area (Å²) in [6.07, 6.45) is 3.55. The Morgan fingerprint density at radius 3 is 2.69 bits per heavy atom. The number of nitrogens with zero attached hydrogens (tertiary/aromatic N) is 2. The monoisotopic (exact) mass is 181 g/mol. The van der Waals surface area contributed by atoms with E-state index in [1.54, 1.807) is 0 Å². The summed E-state index contributed by atoms with van der Waals surface area (Å²) in [7, 11) is 2.20. The van der Waals surface area contributed by atoms with Gasteiger partial charge >= 0.3 is 0 Å².